The van der Waals surface area contributed by atoms with E-state index in [2.05, 4.69) is 26.5 Å². The number of amidine groups is 1. The van der Waals surface area contributed by atoms with Crippen molar-refractivity contribution in [1.29, 1.82) is 0 Å². The molecule has 110 valence electrons. The summed E-state index contributed by atoms with van der Waals surface area (Å²) in [6.07, 6.45) is 4.59. The number of halogens is 1. The number of nitrogens with zero attached hydrogens (tertiary/aromatic N) is 3. The van der Waals surface area contributed by atoms with Gasteiger partial charge in [0.05, 0.1) is 23.2 Å². The van der Waals surface area contributed by atoms with E-state index in [9.17, 15) is 0 Å². The molecule has 0 radical (unpaired) electrons. The Hall–Kier alpha value is -2.40. The number of hydrogen-bond donors (Lipinski definition) is 2. The number of nitrogens with two attached hydrogens (primary N) is 1. The van der Waals surface area contributed by atoms with Crippen LogP contribution in [0.25, 0.3) is 0 Å². The van der Waals surface area contributed by atoms with Crippen LogP contribution in [0.3, 0.4) is 0 Å². The maximum atomic E-state index is 6.05. The summed E-state index contributed by atoms with van der Waals surface area (Å²) in [6.45, 7) is 7.10. The molecule has 0 aliphatic carbocycles. The number of imidazole rings is 1. The molecular formula is C15H18ClN5. The first-order valence-corrected chi connectivity index (χ1v) is 6.66. The fourth-order valence-electron chi connectivity index (χ4n) is 1.42. The average Bonchev–Trinajstić information content (AvgIpc) is 2.88. The van der Waals surface area contributed by atoms with Gasteiger partial charge in [-0.25, -0.2) is 15.0 Å². The van der Waals surface area contributed by atoms with E-state index in [1.165, 1.54) is 6.34 Å². The van der Waals surface area contributed by atoms with Gasteiger partial charge in [0.25, 0.3) is 0 Å². The molecule has 21 heavy (non-hydrogen) atoms. The number of rotatable bonds is 2. The number of aromatic amines is 1. The van der Waals surface area contributed by atoms with Crippen LogP contribution >= 0.6 is 11.6 Å². The van der Waals surface area contributed by atoms with Crippen molar-refractivity contribution in [2.75, 3.05) is 0 Å². The maximum Gasteiger partial charge on any atom is 0.179 e. The summed E-state index contributed by atoms with van der Waals surface area (Å²) in [4.78, 5) is 15.5. The molecule has 0 bridgehead atoms. The van der Waals surface area contributed by atoms with E-state index in [0.717, 1.165) is 5.82 Å². The monoisotopic (exact) mass is 303 g/mol. The van der Waals surface area contributed by atoms with Crippen molar-refractivity contribution < 1.29 is 0 Å². The first kappa shape index (κ1) is 16.7. The molecule has 0 amide bonds. The van der Waals surface area contributed by atoms with Crippen LogP contribution in [0.2, 0.25) is 5.02 Å². The summed E-state index contributed by atoms with van der Waals surface area (Å²) in [5.74, 6) is 1.22. The average molecular weight is 304 g/mol. The van der Waals surface area contributed by atoms with Gasteiger partial charge in [0.1, 0.15) is 11.5 Å². The first-order valence-electron chi connectivity index (χ1n) is 6.28. The zero-order valence-electron chi connectivity index (χ0n) is 12.0. The molecule has 0 unspecified atom stereocenters. The Morgan fingerprint density at radius 1 is 1.43 bits per heavy atom. The Bertz CT molecular complexity index is 643. The second-order valence-electron chi connectivity index (χ2n) is 3.96. The number of para-hydroxylation sites is 1. The fourth-order valence-corrected chi connectivity index (χ4v) is 1.60. The number of aliphatic imine (C=N–C) groups is 2. The molecule has 2 rings (SSSR count). The lowest BCUT2D eigenvalue weighted by molar-refractivity contribution is 1.14. The topological polar surface area (TPSA) is 79.4 Å². The van der Waals surface area contributed by atoms with E-state index in [1.54, 1.807) is 24.4 Å². The molecule has 1 aromatic heterocycles. The lowest BCUT2D eigenvalue weighted by Gasteiger charge is -2.00. The molecule has 0 fully saturated rings. The Labute approximate surface area is 129 Å². The van der Waals surface area contributed by atoms with Crippen molar-refractivity contribution in [2.45, 2.75) is 13.8 Å². The maximum absolute atomic E-state index is 6.05. The minimum absolute atomic E-state index is 0.436. The molecular weight excluding hydrogens is 286 g/mol. The Morgan fingerprint density at radius 3 is 2.62 bits per heavy atom. The highest BCUT2D eigenvalue weighted by Crippen LogP contribution is 2.24. The van der Waals surface area contributed by atoms with Crippen molar-refractivity contribution in [3.05, 3.63) is 59.7 Å². The molecule has 0 aliphatic rings. The van der Waals surface area contributed by atoms with E-state index < -0.39 is 0 Å². The SMILES string of the molecule is C=CC.Cc1ncc(C(N=CN)=Nc2ccccc2Cl)[nH]1. The van der Waals surface area contributed by atoms with Crippen LogP contribution in [0.1, 0.15) is 18.4 Å². The number of H-pyrrole nitrogens is 1. The van der Waals surface area contributed by atoms with E-state index >= 15 is 0 Å². The second-order valence-corrected chi connectivity index (χ2v) is 4.36. The van der Waals surface area contributed by atoms with Gasteiger partial charge in [0, 0.05) is 0 Å². The van der Waals surface area contributed by atoms with Crippen LogP contribution in [0, 0.1) is 6.92 Å². The zero-order valence-corrected chi connectivity index (χ0v) is 12.8. The third-order valence-corrected chi connectivity index (χ3v) is 2.54. The number of allylic oxidation sites excluding steroid dienone is 1. The van der Waals surface area contributed by atoms with Gasteiger partial charge in [-0.1, -0.05) is 29.8 Å². The first-order chi connectivity index (χ1) is 10.1. The number of aryl methyl sites for hydroxylation is 1. The normalized spacial score (nSPS) is 11.1. The van der Waals surface area contributed by atoms with Crippen LogP contribution < -0.4 is 5.73 Å². The van der Waals surface area contributed by atoms with Gasteiger partial charge >= 0.3 is 0 Å². The highest BCUT2D eigenvalue weighted by Gasteiger charge is 2.06. The molecule has 1 heterocycles. The van der Waals surface area contributed by atoms with Crippen molar-refractivity contribution >= 4 is 29.5 Å². The van der Waals surface area contributed by atoms with Crippen LogP contribution in [0.15, 0.2) is 53.1 Å². The van der Waals surface area contributed by atoms with Crippen molar-refractivity contribution in [1.82, 2.24) is 9.97 Å². The molecule has 2 aromatic rings. The Kier molecular flexibility index (Phi) is 6.91. The van der Waals surface area contributed by atoms with Crippen molar-refractivity contribution in [3.63, 3.8) is 0 Å². The second kappa shape index (κ2) is 8.71. The number of benzene rings is 1. The van der Waals surface area contributed by atoms with Crippen molar-refractivity contribution in [3.8, 4) is 0 Å². The van der Waals surface area contributed by atoms with Crippen LogP contribution in [-0.2, 0) is 0 Å². The number of hydrogen-bond acceptors (Lipinski definition) is 2. The molecule has 3 N–H and O–H groups in total. The third kappa shape index (κ3) is 5.24. The smallest absolute Gasteiger partial charge is 0.179 e. The predicted octanol–water partition coefficient (Wildman–Crippen LogP) is 3.63. The minimum Gasteiger partial charge on any atom is -0.390 e. The van der Waals surface area contributed by atoms with Gasteiger partial charge in [-0.3, -0.25) is 0 Å². The Balaban J connectivity index is 0.000000677. The lowest BCUT2D eigenvalue weighted by atomic mass is 10.3. The van der Waals surface area contributed by atoms with Gasteiger partial charge in [-0.15, -0.1) is 6.58 Å². The minimum atomic E-state index is 0.436. The number of nitrogens with one attached hydrogen (secondary N) is 1. The van der Waals surface area contributed by atoms with Crippen LogP contribution in [-0.4, -0.2) is 22.1 Å². The molecule has 0 aliphatic heterocycles. The number of aromatic nitrogens is 2. The quantitative estimate of drug-likeness (QED) is 0.505. The molecule has 0 saturated carbocycles. The molecule has 1 aromatic carbocycles. The largest absolute Gasteiger partial charge is 0.390 e. The van der Waals surface area contributed by atoms with E-state index in [1.807, 2.05) is 26.0 Å². The van der Waals surface area contributed by atoms with E-state index in [-0.39, 0.29) is 0 Å². The standard InChI is InChI=1S/C12H12ClN5.C3H6/c1-8-15-6-11(17-8)12(16-7-14)18-10-5-3-2-4-9(10)13;1-3-2/h2-7H,1H3,(H,15,17)(H2,14,16,18);3H,1H2,2H3. The highest BCUT2D eigenvalue weighted by atomic mass is 35.5. The van der Waals surface area contributed by atoms with Gasteiger partial charge in [0.2, 0.25) is 0 Å². The molecule has 0 spiro atoms. The van der Waals surface area contributed by atoms with Crippen LogP contribution in [0.5, 0.6) is 0 Å². The van der Waals surface area contributed by atoms with Gasteiger partial charge in [-0.2, -0.15) is 0 Å². The van der Waals surface area contributed by atoms with Gasteiger partial charge in [-0.05, 0) is 26.0 Å². The molecule has 0 saturated heterocycles. The zero-order chi connectivity index (χ0) is 15.7. The summed E-state index contributed by atoms with van der Waals surface area (Å²) in [7, 11) is 0. The van der Waals surface area contributed by atoms with Gasteiger partial charge < -0.3 is 10.7 Å². The summed E-state index contributed by atoms with van der Waals surface area (Å²) in [6, 6.07) is 7.26. The Morgan fingerprint density at radius 2 is 2.10 bits per heavy atom. The van der Waals surface area contributed by atoms with Gasteiger partial charge in [0.15, 0.2) is 5.84 Å². The molecule has 0 atom stereocenters. The summed E-state index contributed by atoms with van der Waals surface area (Å²) in [5.41, 5.74) is 6.65. The van der Waals surface area contributed by atoms with E-state index in [4.69, 9.17) is 17.3 Å². The molecule has 6 heteroatoms. The van der Waals surface area contributed by atoms with E-state index in [0.29, 0.717) is 22.2 Å². The predicted molar refractivity (Wildman–Crippen MR) is 89.5 cm³/mol. The highest BCUT2D eigenvalue weighted by molar-refractivity contribution is 6.33. The fraction of sp³-hybridized carbons (Fsp3) is 0.133. The summed E-state index contributed by atoms with van der Waals surface area (Å²) in [5, 5.41) is 0.554. The summed E-state index contributed by atoms with van der Waals surface area (Å²) >= 11 is 6.05. The molecule has 5 nitrogen and oxygen atoms in total. The lowest BCUT2D eigenvalue weighted by Crippen LogP contribution is -2.01. The van der Waals surface area contributed by atoms with Crippen LogP contribution in [0.4, 0.5) is 5.69 Å². The third-order valence-electron chi connectivity index (χ3n) is 2.22. The van der Waals surface area contributed by atoms with Crippen molar-refractivity contribution in [2.24, 2.45) is 15.7 Å². The summed E-state index contributed by atoms with van der Waals surface area (Å²) < 4.78 is 0.